The number of hydrogen-bond donors (Lipinski definition) is 3. The van der Waals surface area contributed by atoms with Crippen LogP contribution in [0.5, 0.6) is 5.75 Å². The van der Waals surface area contributed by atoms with Gasteiger partial charge >= 0.3 is 5.97 Å². The minimum absolute atomic E-state index is 0.132. The van der Waals surface area contributed by atoms with Crippen molar-refractivity contribution in [2.75, 3.05) is 11.9 Å². The molecular weight excluding hydrogens is 380 g/mol. The van der Waals surface area contributed by atoms with Gasteiger partial charge in [-0.15, -0.1) is 0 Å². The maximum Gasteiger partial charge on any atom is 0.303 e. The van der Waals surface area contributed by atoms with E-state index >= 15 is 0 Å². The highest BCUT2D eigenvalue weighted by Crippen LogP contribution is 2.36. The summed E-state index contributed by atoms with van der Waals surface area (Å²) in [5, 5.41) is 22.0. The van der Waals surface area contributed by atoms with Crippen molar-refractivity contribution in [3.8, 4) is 17.2 Å². The van der Waals surface area contributed by atoms with Gasteiger partial charge in [0.05, 0.1) is 12.1 Å². The zero-order valence-corrected chi connectivity index (χ0v) is 17.0. The predicted octanol–water partition coefficient (Wildman–Crippen LogP) is 4.77. The van der Waals surface area contributed by atoms with Gasteiger partial charge in [-0.1, -0.05) is 13.0 Å². The van der Waals surface area contributed by atoms with Gasteiger partial charge in [-0.05, 0) is 66.3 Å². The molecule has 1 unspecified atom stereocenters. The fraction of sp³-hybridized carbons (Fsp3) is 0.333. The number of aromatic nitrogens is 1. The molecule has 3 N–H and O–H groups in total. The van der Waals surface area contributed by atoms with E-state index in [1.807, 2.05) is 13.0 Å². The number of aromatic hydroxyl groups is 1. The molecule has 1 aromatic heterocycles. The van der Waals surface area contributed by atoms with Crippen LogP contribution in [0.4, 0.5) is 5.69 Å². The summed E-state index contributed by atoms with van der Waals surface area (Å²) >= 11 is 0. The molecule has 3 aromatic rings. The number of carbonyl (C=O) groups is 1. The molecule has 0 spiro atoms. The second-order valence-electron chi connectivity index (χ2n) is 7.71. The topological polar surface area (TPSA) is 95.6 Å². The summed E-state index contributed by atoms with van der Waals surface area (Å²) in [5.41, 5.74) is 5.25. The molecule has 0 fully saturated rings. The van der Waals surface area contributed by atoms with Crippen LogP contribution >= 0.6 is 0 Å². The Balaban J connectivity index is 1.40. The number of phenols is 1. The Kier molecular flexibility index (Phi) is 5.74. The van der Waals surface area contributed by atoms with Crippen molar-refractivity contribution >= 4 is 11.7 Å². The Bertz CT molecular complexity index is 1040. The van der Waals surface area contributed by atoms with E-state index in [2.05, 4.69) is 22.4 Å². The summed E-state index contributed by atoms with van der Waals surface area (Å²) in [7, 11) is 0. The van der Waals surface area contributed by atoms with E-state index in [0.717, 1.165) is 54.9 Å². The number of aliphatic carboxylic acids is 1. The van der Waals surface area contributed by atoms with E-state index in [0.29, 0.717) is 5.89 Å². The molecule has 1 aliphatic rings. The Morgan fingerprint density at radius 2 is 2.03 bits per heavy atom. The lowest BCUT2D eigenvalue weighted by Crippen LogP contribution is -2.07. The molecule has 4 rings (SSSR count). The summed E-state index contributed by atoms with van der Waals surface area (Å²) < 4.78 is 5.93. The van der Waals surface area contributed by atoms with Crippen LogP contribution in [0.1, 0.15) is 48.3 Å². The zero-order chi connectivity index (χ0) is 21.1. The van der Waals surface area contributed by atoms with Gasteiger partial charge in [0.1, 0.15) is 11.5 Å². The predicted molar refractivity (Wildman–Crippen MR) is 115 cm³/mol. The van der Waals surface area contributed by atoms with Crippen molar-refractivity contribution < 1.29 is 19.4 Å². The van der Waals surface area contributed by atoms with Crippen LogP contribution in [0, 0.1) is 0 Å². The molecule has 0 aliphatic heterocycles. The molecule has 0 amide bonds. The number of rotatable bonds is 8. The normalized spacial score (nSPS) is 15.2. The molecule has 156 valence electrons. The van der Waals surface area contributed by atoms with Crippen LogP contribution in [-0.4, -0.2) is 27.7 Å². The molecule has 0 saturated heterocycles. The molecule has 6 heteroatoms. The van der Waals surface area contributed by atoms with Crippen molar-refractivity contribution in [2.24, 2.45) is 0 Å². The number of fused-ring (bicyclic) bond motifs is 1. The van der Waals surface area contributed by atoms with E-state index < -0.39 is 5.97 Å². The highest BCUT2D eigenvalue weighted by molar-refractivity contribution is 5.68. The number of carboxylic acids is 1. The van der Waals surface area contributed by atoms with Crippen LogP contribution in [0.3, 0.4) is 0 Å². The number of nitrogens with one attached hydrogen (secondary N) is 1. The van der Waals surface area contributed by atoms with Crippen molar-refractivity contribution in [3.63, 3.8) is 0 Å². The lowest BCUT2D eigenvalue weighted by Gasteiger charge is -2.11. The lowest BCUT2D eigenvalue weighted by atomic mass is 9.98. The van der Waals surface area contributed by atoms with E-state index in [1.165, 1.54) is 11.1 Å². The third kappa shape index (κ3) is 4.32. The van der Waals surface area contributed by atoms with Crippen molar-refractivity contribution in [1.82, 2.24) is 4.98 Å². The fourth-order valence-corrected chi connectivity index (χ4v) is 4.15. The first-order chi connectivity index (χ1) is 14.5. The van der Waals surface area contributed by atoms with E-state index in [9.17, 15) is 9.90 Å². The Labute approximate surface area is 175 Å². The maximum atomic E-state index is 11.0. The Morgan fingerprint density at radius 3 is 2.77 bits per heavy atom. The summed E-state index contributed by atoms with van der Waals surface area (Å²) in [6.45, 7) is 2.78. The number of phenolic OH excluding ortho intramolecular Hbond substituents is 1. The third-order valence-electron chi connectivity index (χ3n) is 5.67. The van der Waals surface area contributed by atoms with E-state index in [1.54, 1.807) is 24.3 Å². The van der Waals surface area contributed by atoms with E-state index in [4.69, 9.17) is 9.52 Å². The first kappa shape index (κ1) is 20.0. The molecule has 0 saturated carbocycles. The summed E-state index contributed by atoms with van der Waals surface area (Å²) in [6.07, 6.45) is 3.55. The summed E-state index contributed by atoms with van der Waals surface area (Å²) in [4.78, 5) is 15.7. The van der Waals surface area contributed by atoms with Gasteiger partial charge in [0.25, 0.3) is 0 Å². The second kappa shape index (κ2) is 8.61. The Hall–Kier alpha value is -3.28. The van der Waals surface area contributed by atoms with Crippen LogP contribution in [0.15, 0.2) is 46.9 Å². The van der Waals surface area contributed by atoms with Crippen molar-refractivity contribution in [3.05, 3.63) is 65.0 Å². The van der Waals surface area contributed by atoms with Crippen LogP contribution < -0.4 is 5.32 Å². The van der Waals surface area contributed by atoms with Crippen LogP contribution in [0.2, 0.25) is 0 Å². The third-order valence-corrected chi connectivity index (χ3v) is 5.67. The van der Waals surface area contributed by atoms with Gasteiger partial charge in [0.15, 0.2) is 0 Å². The van der Waals surface area contributed by atoms with Gasteiger partial charge in [-0.2, -0.15) is 0 Å². The maximum absolute atomic E-state index is 11.0. The van der Waals surface area contributed by atoms with Gasteiger partial charge in [0.2, 0.25) is 5.89 Å². The highest BCUT2D eigenvalue weighted by atomic mass is 16.4. The summed E-state index contributed by atoms with van der Waals surface area (Å²) in [5.74, 6) is 1.07. The fourth-order valence-electron chi connectivity index (χ4n) is 4.15. The lowest BCUT2D eigenvalue weighted by molar-refractivity contribution is -0.137. The van der Waals surface area contributed by atoms with Crippen LogP contribution in [0.25, 0.3) is 11.5 Å². The van der Waals surface area contributed by atoms with Gasteiger partial charge in [0, 0.05) is 30.6 Å². The number of hydrogen-bond acceptors (Lipinski definition) is 5. The van der Waals surface area contributed by atoms with E-state index in [-0.39, 0.29) is 18.1 Å². The van der Waals surface area contributed by atoms with Crippen molar-refractivity contribution in [1.29, 1.82) is 0 Å². The molecule has 6 nitrogen and oxygen atoms in total. The molecule has 1 heterocycles. The van der Waals surface area contributed by atoms with Crippen LogP contribution in [-0.2, 0) is 24.1 Å². The number of carboxylic acid groups (broad SMARTS) is 1. The van der Waals surface area contributed by atoms with Gasteiger partial charge in [-0.3, -0.25) is 4.79 Å². The average Bonchev–Trinajstić information content (AvgIpc) is 3.32. The second-order valence-corrected chi connectivity index (χ2v) is 7.71. The van der Waals surface area contributed by atoms with Gasteiger partial charge in [-0.25, -0.2) is 4.98 Å². The highest BCUT2D eigenvalue weighted by Gasteiger charge is 2.24. The largest absolute Gasteiger partial charge is 0.508 e. The summed E-state index contributed by atoms with van der Waals surface area (Å²) in [6, 6.07) is 13.1. The Morgan fingerprint density at radius 1 is 1.23 bits per heavy atom. The smallest absolute Gasteiger partial charge is 0.303 e. The molecule has 30 heavy (non-hydrogen) atoms. The number of anilines is 1. The average molecular weight is 406 g/mol. The molecule has 0 bridgehead atoms. The molecule has 1 atom stereocenters. The number of nitrogens with zero attached hydrogens (tertiary/aromatic N) is 1. The molecular formula is C24H26N2O4. The molecule has 2 aromatic carbocycles. The minimum atomic E-state index is -0.735. The number of aryl methyl sites for hydroxylation is 2. The van der Waals surface area contributed by atoms with Gasteiger partial charge < -0.3 is 19.9 Å². The zero-order valence-electron chi connectivity index (χ0n) is 17.0. The monoisotopic (exact) mass is 406 g/mol. The molecule has 1 aliphatic carbocycles. The SMILES string of the molecule is CCc1oc(-c2ccc(O)cc2)nc1CCNc1ccc2c(c1)CCC2CC(=O)O. The number of oxazole rings is 1. The number of benzene rings is 2. The quantitative estimate of drug-likeness (QED) is 0.499. The first-order valence-electron chi connectivity index (χ1n) is 10.4. The first-order valence-corrected chi connectivity index (χ1v) is 10.4. The standard InChI is InChI=1S/C24H26N2O4/c1-2-22-21(26-24(30-22)15-5-8-19(27)9-6-15)11-12-25-18-7-10-20-16(13-18)3-4-17(20)14-23(28)29/h5-10,13,17,25,27H,2-4,11-12,14H2,1H3,(H,28,29). The molecule has 0 radical (unpaired) electrons. The van der Waals surface area contributed by atoms with Crippen molar-refractivity contribution in [2.45, 2.75) is 44.9 Å². The minimum Gasteiger partial charge on any atom is -0.508 e.